The highest BCUT2D eigenvalue weighted by Crippen LogP contribution is 1.97. The van der Waals surface area contributed by atoms with Crippen LogP contribution in [0.2, 0.25) is 0 Å². The Hall–Kier alpha value is -0.160. The van der Waals surface area contributed by atoms with Gasteiger partial charge in [-0.05, 0) is 33.0 Å². The molecule has 4 nitrogen and oxygen atoms in total. The van der Waals surface area contributed by atoms with Crippen LogP contribution in [0.1, 0.15) is 25.7 Å². The summed E-state index contributed by atoms with van der Waals surface area (Å²) in [6.45, 7) is 5.35. The number of hydrogen-bond donors (Lipinski definition) is 2. The number of nitrogens with one attached hydrogen (secondary N) is 2. The van der Waals surface area contributed by atoms with E-state index >= 15 is 0 Å². The third-order valence-corrected chi connectivity index (χ3v) is 2.39. The van der Waals surface area contributed by atoms with Gasteiger partial charge in [0.1, 0.15) is 0 Å². The van der Waals surface area contributed by atoms with Gasteiger partial charge in [0.15, 0.2) is 0 Å². The van der Waals surface area contributed by atoms with Gasteiger partial charge < -0.3 is 20.1 Å². The van der Waals surface area contributed by atoms with E-state index in [1.165, 1.54) is 25.7 Å². The lowest BCUT2D eigenvalue weighted by Gasteiger charge is -2.05. The van der Waals surface area contributed by atoms with E-state index in [4.69, 9.17) is 9.47 Å². The van der Waals surface area contributed by atoms with Crippen LogP contribution in [-0.4, -0.2) is 53.6 Å². The van der Waals surface area contributed by atoms with Gasteiger partial charge in [0.2, 0.25) is 0 Å². The minimum absolute atomic E-state index is 0.686. The van der Waals surface area contributed by atoms with Crippen molar-refractivity contribution in [2.75, 3.05) is 53.6 Å². The highest BCUT2D eigenvalue weighted by atomic mass is 16.5. The van der Waals surface area contributed by atoms with Crippen molar-refractivity contribution in [1.82, 2.24) is 10.6 Å². The van der Waals surface area contributed by atoms with E-state index in [9.17, 15) is 0 Å². The lowest BCUT2D eigenvalue weighted by Crippen LogP contribution is -2.21. The molecule has 0 aliphatic heterocycles. The van der Waals surface area contributed by atoms with Crippen molar-refractivity contribution in [2.45, 2.75) is 25.7 Å². The zero-order valence-corrected chi connectivity index (χ0v) is 10.9. The number of methoxy groups -OCH3 is 1. The third kappa shape index (κ3) is 13.8. The molecule has 0 aromatic carbocycles. The van der Waals surface area contributed by atoms with Crippen molar-refractivity contribution in [1.29, 1.82) is 0 Å². The zero-order chi connectivity index (χ0) is 11.9. The first-order valence-corrected chi connectivity index (χ1v) is 6.33. The maximum atomic E-state index is 5.34. The predicted molar refractivity (Wildman–Crippen MR) is 68.0 cm³/mol. The van der Waals surface area contributed by atoms with E-state index in [2.05, 4.69) is 10.6 Å². The summed E-state index contributed by atoms with van der Waals surface area (Å²) in [6.07, 6.45) is 5.20. The van der Waals surface area contributed by atoms with Gasteiger partial charge in [-0.3, -0.25) is 0 Å². The molecule has 98 valence electrons. The van der Waals surface area contributed by atoms with Crippen LogP contribution in [-0.2, 0) is 9.47 Å². The van der Waals surface area contributed by atoms with Gasteiger partial charge in [-0.25, -0.2) is 0 Å². The first-order valence-electron chi connectivity index (χ1n) is 6.33. The van der Waals surface area contributed by atoms with Crippen molar-refractivity contribution in [2.24, 2.45) is 0 Å². The fourth-order valence-corrected chi connectivity index (χ4v) is 1.42. The minimum atomic E-state index is 0.686. The second-order valence-corrected chi connectivity index (χ2v) is 3.87. The zero-order valence-electron chi connectivity index (χ0n) is 10.9. The second-order valence-electron chi connectivity index (χ2n) is 3.87. The van der Waals surface area contributed by atoms with Gasteiger partial charge in [-0.1, -0.05) is 12.8 Å². The first kappa shape index (κ1) is 15.8. The Labute approximate surface area is 100 Å². The number of rotatable bonds is 13. The predicted octanol–water partition coefficient (Wildman–Crippen LogP) is 1.02. The van der Waals surface area contributed by atoms with Gasteiger partial charge >= 0.3 is 0 Å². The van der Waals surface area contributed by atoms with Crippen LogP contribution >= 0.6 is 0 Å². The summed E-state index contributed by atoms with van der Waals surface area (Å²) >= 11 is 0. The minimum Gasteiger partial charge on any atom is -0.382 e. The van der Waals surface area contributed by atoms with E-state index in [0.717, 1.165) is 26.2 Å². The average molecular weight is 232 g/mol. The van der Waals surface area contributed by atoms with Crippen molar-refractivity contribution >= 4 is 0 Å². The summed E-state index contributed by atoms with van der Waals surface area (Å²) in [7, 11) is 3.70. The fraction of sp³-hybridized carbons (Fsp3) is 1.00. The SMILES string of the molecule is CNCCCCCCNCCOCCOC. The molecule has 0 heterocycles. The molecule has 0 bridgehead atoms. The molecule has 16 heavy (non-hydrogen) atoms. The molecule has 0 aromatic rings. The van der Waals surface area contributed by atoms with E-state index in [0.29, 0.717) is 13.2 Å². The number of hydrogen-bond acceptors (Lipinski definition) is 4. The monoisotopic (exact) mass is 232 g/mol. The summed E-state index contributed by atoms with van der Waals surface area (Å²) in [6, 6.07) is 0. The average Bonchev–Trinajstić information content (AvgIpc) is 2.31. The molecule has 0 aliphatic rings. The molecular weight excluding hydrogens is 204 g/mol. The summed E-state index contributed by atoms with van der Waals surface area (Å²) in [4.78, 5) is 0. The van der Waals surface area contributed by atoms with Crippen LogP contribution in [0.4, 0.5) is 0 Å². The van der Waals surface area contributed by atoms with Crippen molar-refractivity contribution in [3.05, 3.63) is 0 Å². The Bertz CT molecular complexity index is 110. The standard InChI is InChI=1S/C12H28N2O2/c1-13-7-5-3-4-6-8-14-9-10-16-12-11-15-2/h13-14H,3-12H2,1-2H3. The molecule has 0 spiro atoms. The van der Waals surface area contributed by atoms with Crippen molar-refractivity contribution in [3.8, 4) is 0 Å². The molecule has 0 saturated heterocycles. The van der Waals surface area contributed by atoms with E-state index in [-0.39, 0.29) is 0 Å². The van der Waals surface area contributed by atoms with Crippen LogP contribution in [0.25, 0.3) is 0 Å². The summed E-state index contributed by atoms with van der Waals surface area (Å²) in [5, 5.41) is 6.53. The third-order valence-electron chi connectivity index (χ3n) is 2.39. The van der Waals surface area contributed by atoms with Crippen LogP contribution in [0.5, 0.6) is 0 Å². The smallest absolute Gasteiger partial charge is 0.0700 e. The molecular formula is C12H28N2O2. The van der Waals surface area contributed by atoms with Gasteiger partial charge in [0.05, 0.1) is 19.8 Å². The normalized spacial score (nSPS) is 10.9. The van der Waals surface area contributed by atoms with Crippen molar-refractivity contribution in [3.63, 3.8) is 0 Å². The van der Waals surface area contributed by atoms with E-state index in [1.54, 1.807) is 7.11 Å². The van der Waals surface area contributed by atoms with Gasteiger partial charge in [0.25, 0.3) is 0 Å². The quantitative estimate of drug-likeness (QED) is 0.465. The highest BCUT2D eigenvalue weighted by Gasteiger charge is 1.91. The molecule has 0 aromatic heterocycles. The van der Waals surface area contributed by atoms with Gasteiger partial charge in [-0.15, -0.1) is 0 Å². The van der Waals surface area contributed by atoms with Gasteiger partial charge in [-0.2, -0.15) is 0 Å². The number of ether oxygens (including phenoxy) is 2. The Balaban J connectivity index is 2.83. The lowest BCUT2D eigenvalue weighted by atomic mass is 10.2. The molecule has 0 amide bonds. The molecule has 0 atom stereocenters. The summed E-state index contributed by atoms with van der Waals surface area (Å²) < 4.78 is 10.2. The maximum absolute atomic E-state index is 5.34. The largest absolute Gasteiger partial charge is 0.382 e. The molecule has 2 N–H and O–H groups in total. The maximum Gasteiger partial charge on any atom is 0.0700 e. The van der Waals surface area contributed by atoms with Crippen LogP contribution < -0.4 is 10.6 Å². The summed E-state index contributed by atoms with van der Waals surface area (Å²) in [5.74, 6) is 0. The molecule has 0 rings (SSSR count). The van der Waals surface area contributed by atoms with Crippen LogP contribution in [0.15, 0.2) is 0 Å². The van der Waals surface area contributed by atoms with Crippen LogP contribution in [0.3, 0.4) is 0 Å². The van der Waals surface area contributed by atoms with Gasteiger partial charge in [0, 0.05) is 13.7 Å². The summed E-state index contributed by atoms with van der Waals surface area (Å²) in [5.41, 5.74) is 0. The first-order chi connectivity index (χ1) is 7.91. The second kappa shape index (κ2) is 14.8. The lowest BCUT2D eigenvalue weighted by molar-refractivity contribution is 0.0720. The Morgan fingerprint density at radius 1 is 0.812 bits per heavy atom. The topological polar surface area (TPSA) is 42.5 Å². The Morgan fingerprint density at radius 2 is 1.56 bits per heavy atom. The Kier molecular flexibility index (Phi) is 14.7. The fourth-order valence-electron chi connectivity index (χ4n) is 1.42. The molecule has 0 radical (unpaired) electrons. The molecule has 4 heteroatoms. The Morgan fingerprint density at radius 3 is 2.25 bits per heavy atom. The molecule has 0 saturated carbocycles. The molecule has 0 unspecified atom stereocenters. The number of unbranched alkanes of at least 4 members (excludes halogenated alkanes) is 3. The highest BCUT2D eigenvalue weighted by molar-refractivity contribution is 4.50. The van der Waals surface area contributed by atoms with Crippen molar-refractivity contribution < 1.29 is 9.47 Å². The van der Waals surface area contributed by atoms with E-state index in [1.807, 2.05) is 7.05 Å². The molecule has 0 fully saturated rings. The molecule has 0 aliphatic carbocycles. The van der Waals surface area contributed by atoms with E-state index < -0.39 is 0 Å². The van der Waals surface area contributed by atoms with Crippen LogP contribution in [0, 0.1) is 0 Å².